The smallest absolute Gasteiger partial charge is 0.338 e. The van der Waals surface area contributed by atoms with Crippen molar-refractivity contribution < 1.29 is 14.3 Å². The van der Waals surface area contributed by atoms with Crippen LogP contribution in [-0.2, 0) is 11.3 Å². The Labute approximate surface area is 158 Å². The van der Waals surface area contributed by atoms with Gasteiger partial charge in [-0.2, -0.15) is 5.10 Å². The number of anilines is 1. The van der Waals surface area contributed by atoms with Gasteiger partial charge in [0.2, 0.25) is 0 Å². The normalized spacial score (nSPS) is 10.6. The van der Waals surface area contributed by atoms with Crippen molar-refractivity contribution in [3.63, 3.8) is 0 Å². The van der Waals surface area contributed by atoms with E-state index < -0.39 is 0 Å². The molecule has 0 saturated carbocycles. The lowest BCUT2D eigenvalue weighted by Gasteiger charge is -2.07. The number of esters is 1. The van der Waals surface area contributed by atoms with Gasteiger partial charge in [-0.3, -0.25) is 9.48 Å². The van der Waals surface area contributed by atoms with E-state index in [-0.39, 0.29) is 11.9 Å². The number of unbranched alkanes of at least 4 members (excludes halogenated alkanes) is 1. The van der Waals surface area contributed by atoms with E-state index in [1.165, 1.54) is 0 Å². The van der Waals surface area contributed by atoms with E-state index >= 15 is 0 Å². The lowest BCUT2D eigenvalue weighted by Crippen LogP contribution is -2.13. The molecule has 1 aromatic carbocycles. The highest BCUT2D eigenvalue weighted by molar-refractivity contribution is 6.33. The van der Waals surface area contributed by atoms with Crippen LogP contribution in [0.2, 0.25) is 5.15 Å². The van der Waals surface area contributed by atoms with E-state index in [1.54, 1.807) is 35.9 Å². The summed E-state index contributed by atoms with van der Waals surface area (Å²) in [6, 6.07) is 6.55. The predicted molar refractivity (Wildman–Crippen MR) is 102 cm³/mol. The Hall–Kier alpha value is -2.34. The van der Waals surface area contributed by atoms with Gasteiger partial charge in [0.1, 0.15) is 5.15 Å². The van der Waals surface area contributed by atoms with Crippen LogP contribution in [0.5, 0.6) is 0 Å². The fourth-order valence-corrected chi connectivity index (χ4v) is 2.77. The molecule has 0 fully saturated rings. The molecule has 1 N–H and O–H groups in total. The molecule has 1 aromatic heterocycles. The summed E-state index contributed by atoms with van der Waals surface area (Å²) in [6.45, 7) is 6.84. The molecule has 0 aliphatic heterocycles. The van der Waals surface area contributed by atoms with Crippen molar-refractivity contribution in [2.45, 2.75) is 46.6 Å². The Morgan fingerprint density at radius 1 is 1.19 bits per heavy atom. The molecule has 7 heteroatoms. The molecular weight excluding hydrogens is 354 g/mol. The zero-order valence-electron chi connectivity index (χ0n) is 15.3. The van der Waals surface area contributed by atoms with Crippen LogP contribution in [0.4, 0.5) is 5.69 Å². The van der Waals surface area contributed by atoms with E-state index in [9.17, 15) is 9.59 Å². The molecule has 1 amide bonds. The number of aryl methyl sites for hydroxylation is 2. The van der Waals surface area contributed by atoms with Crippen molar-refractivity contribution in [3.05, 3.63) is 46.2 Å². The van der Waals surface area contributed by atoms with Crippen molar-refractivity contribution in [2.24, 2.45) is 0 Å². The summed E-state index contributed by atoms with van der Waals surface area (Å²) in [5.74, 6) is -0.697. The Kier molecular flexibility index (Phi) is 7.21. The highest BCUT2D eigenvalue weighted by Gasteiger charge is 2.20. The summed E-state index contributed by atoms with van der Waals surface area (Å²) in [6.07, 6.45) is 2.73. The van der Waals surface area contributed by atoms with Crippen molar-refractivity contribution in [1.82, 2.24) is 9.78 Å². The second-order valence-corrected chi connectivity index (χ2v) is 6.35. The average Bonchev–Trinajstić information content (AvgIpc) is 2.92. The topological polar surface area (TPSA) is 73.2 Å². The first-order valence-corrected chi connectivity index (χ1v) is 9.17. The van der Waals surface area contributed by atoms with Gasteiger partial charge in [0.05, 0.1) is 23.4 Å². The maximum Gasteiger partial charge on any atom is 0.338 e. The van der Waals surface area contributed by atoms with Crippen molar-refractivity contribution >= 4 is 29.2 Å². The standard InChI is InChI=1S/C19H24ClN3O3/c1-4-6-11-23-17(20)16(13(3)22-23)18(24)21-15-9-7-14(8-10-15)19(25)26-12-5-2/h7-10H,4-6,11-12H2,1-3H3,(H,21,24). The van der Waals surface area contributed by atoms with Gasteiger partial charge in [0, 0.05) is 12.2 Å². The number of halogens is 1. The number of rotatable bonds is 8. The van der Waals surface area contributed by atoms with Crippen LogP contribution < -0.4 is 5.32 Å². The molecule has 26 heavy (non-hydrogen) atoms. The zero-order chi connectivity index (χ0) is 19.1. The maximum atomic E-state index is 12.6. The molecule has 2 rings (SSSR count). The highest BCUT2D eigenvalue weighted by atomic mass is 35.5. The third kappa shape index (κ3) is 4.85. The largest absolute Gasteiger partial charge is 0.462 e. The number of carbonyl (C=O) groups is 2. The molecule has 6 nitrogen and oxygen atoms in total. The summed E-state index contributed by atoms with van der Waals surface area (Å²) in [4.78, 5) is 24.4. The monoisotopic (exact) mass is 377 g/mol. The summed E-state index contributed by atoms with van der Waals surface area (Å²) < 4.78 is 6.73. The van der Waals surface area contributed by atoms with Crippen LogP contribution in [0.25, 0.3) is 0 Å². The summed E-state index contributed by atoms with van der Waals surface area (Å²) in [7, 11) is 0. The minimum atomic E-state index is -0.374. The van der Waals surface area contributed by atoms with Crippen molar-refractivity contribution in [3.8, 4) is 0 Å². The fourth-order valence-electron chi connectivity index (χ4n) is 2.43. The van der Waals surface area contributed by atoms with E-state index in [2.05, 4.69) is 17.3 Å². The maximum absolute atomic E-state index is 12.6. The highest BCUT2D eigenvalue weighted by Crippen LogP contribution is 2.22. The van der Waals surface area contributed by atoms with Gasteiger partial charge in [-0.05, 0) is 44.0 Å². The van der Waals surface area contributed by atoms with Crippen molar-refractivity contribution in [1.29, 1.82) is 0 Å². The van der Waals surface area contributed by atoms with E-state index in [0.717, 1.165) is 19.3 Å². The predicted octanol–water partition coefficient (Wildman–Crippen LogP) is 4.46. The number of benzene rings is 1. The molecule has 0 radical (unpaired) electrons. The van der Waals surface area contributed by atoms with Crippen LogP contribution in [-0.4, -0.2) is 28.3 Å². The fraction of sp³-hybridized carbons (Fsp3) is 0.421. The molecule has 0 aliphatic carbocycles. The number of carbonyl (C=O) groups excluding carboxylic acids is 2. The minimum absolute atomic E-state index is 0.323. The van der Waals surface area contributed by atoms with Gasteiger partial charge in [0.25, 0.3) is 5.91 Å². The Balaban J connectivity index is 2.08. The molecule has 0 unspecified atom stereocenters. The molecule has 2 aromatic rings. The summed E-state index contributed by atoms with van der Waals surface area (Å²) >= 11 is 6.32. The molecule has 0 bridgehead atoms. The second-order valence-electron chi connectivity index (χ2n) is 6.00. The van der Waals surface area contributed by atoms with Crippen LogP contribution >= 0.6 is 11.6 Å². The first kappa shape index (κ1) is 20.0. The summed E-state index contributed by atoms with van der Waals surface area (Å²) in [5.41, 5.74) is 1.97. The first-order chi connectivity index (χ1) is 12.5. The molecule has 140 valence electrons. The quantitative estimate of drug-likeness (QED) is 0.689. The lowest BCUT2D eigenvalue weighted by molar-refractivity contribution is 0.0505. The zero-order valence-corrected chi connectivity index (χ0v) is 16.1. The number of nitrogens with zero attached hydrogens (tertiary/aromatic N) is 2. The Bertz CT molecular complexity index is 769. The van der Waals surface area contributed by atoms with E-state index in [4.69, 9.17) is 16.3 Å². The van der Waals surface area contributed by atoms with Crippen LogP contribution in [0.15, 0.2) is 24.3 Å². The van der Waals surface area contributed by atoms with Gasteiger partial charge >= 0.3 is 5.97 Å². The number of amides is 1. The third-order valence-corrected chi connectivity index (χ3v) is 4.22. The van der Waals surface area contributed by atoms with Gasteiger partial charge < -0.3 is 10.1 Å². The number of hydrogen-bond donors (Lipinski definition) is 1. The van der Waals surface area contributed by atoms with E-state index in [1.807, 2.05) is 6.92 Å². The second kappa shape index (κ2) is 9.38. The number of hydrogen-bond acceptors (Lipinski definition) is 4. The lowest BCUT2D eigenvalue weighted by atomic mass is 10.2. The molecule has 0 atom stereocenters. The van der Waals surface area contributed by atoms with Crippen LogP contribution in [0.1, 0.15) is 59.5 Å². The van der Waals surface area contributed by atoms with Gasteiger partial charge in [-0.15, -0.1) is 0 Å². The third-order valence-electron chi connectivity index (χ3n) is 3.83. The first-order valence-electron chi connectivity index (χ1n) is 8.79. The molecular formula is C19H24ClN3O3. The molecule has 0 aliphatic rings. The number of ether oxygens (including phenoxy) is 1. The van der Waals surface area contributed by atoms with Crippen LogP contribution in [0, 0.1) is 6.92 Å². The summed E-state index contributed by atoms with van der Waals surface area (Å²) in [5, 5.41) is 7.47. The van der Waals surface area contributed by atoms with Gasteiger partial charge in [0.15, 0.2) is 0 Å². The van der Waals surface area contributed by atoms with Crippen LogP contribution in [0.3, 0.4) is 0 Å². The number of nitrogens with one attached hydrogen (secondary N) is 1. The molecule has 1 heterocycles. The SMILES string of the molecule is CCCCn1nc(C)c(C(=O)Nc2ccc(C(=O)OCCC)cc2)c1Cl. The number of aromatic nitrogens is 2. The van der Waals surface area contributed by atoms with E-state index in [0.29, 0.717) is 40.8 Å². The Morgan fingerprint density at radius 3 is 2.50 bits per heavy atom. The van der Waals surface area contributed by atoms with Gasteiger partial charge in [-0.25, -0.2) is 4.79 Å². The van der Waals surface area contributed by atoms with Gasteiger partial charge in [-0.1, -0.05) is 31.9 Å². The minimum Gasteiger partial charge on any atom is -0.462 e. The van der Waals surface area contributed by atoms with Crippen molar-refractivity contribution in [2.75, 3.05) is 11.9 Å². The molecule has 0 saturated heterocycles. The molecule has 0 spiro atoms. The Morgan fingerprint density at radius 2 is 1.88 bits per heavy atom. The average molecular weight is 378 g/mol.